The molecule has 0 aromatic heterocycles. The summed E-state index contributed by atoms with van der Waals surface area (Å²) in [5.41, 5.74) is 0.927. The first-order chi connectivity index (χ1) is 10.1. The van der Waals surface area contributed by atoms with Crippen LogP contribution in [0.4, 0.5) is 0 Å². The van der Waals surface area contributed by atoms with Crippen molar-refractivity contribution in [3.05, 3.63) is 33.8 Å². The predicted octanol–water partition coefficient (Wildman–Crippen LogP) is 3.32. The minimum Gasteiger partial charge on any atom is -0.372 e. The van der Waals surface area contributed by atoms with Gasteiger partial charge < -0.3 is 14.4 Å². The fourth-order valence-corrected chi connectivity index (χ4v) is 2.49. The maximum Gasteiger partial charge on any atom is 0.248 e. The largest absolute Gasteiger partial charge is 0.372 e. The second kappa shape index (κ2) is 7.99. The Morgan fingerprint density at radius 3 is 2.95 bits per heavy atom. The first kappa shape index (κ1) is 16.6. The first-order valence-electron chi connectivity index (χ1n) is 7.04. The van der Waals surface area contributed by atoms with Crippen LogP contribution in [0.1, 0.15) is 25.0 Å². The van der Waals surface area contributed by atoms with E-state index in [9.17, 15) is 4.79 Å². The lowest BCUT2D eigenvalue weighted by Gasteiger charge is -2.33. The monoisotopic (exact) mass is 331 g/mol. The van der Waals surface area contributed by atoms with E-state index in [1.54, 1.807) is 17.0 Å². The van der Waals surface area contributed by atoms with Gasteiger partial charge in [0.2, 0.25) is 5.91 Å². The van der Waals surface area contributed by atoms with Gasteiger partial charge in [-0.05, 0) is 24.1 Å². The van der Waals surface area contributed by atoms with Gasteiger partial charge in [0.1, 0.15) is 12.7 Å². The van der Waals surface area contributed by atoms with Gasteiger partial charge in [0.15, 0.2) is 0 Å². The van der Waals surface area contributed by atoms with Gasteiger partial charge in [0.05, 0.1) is 23.2 Å². The molecular weight excluding hydrogens is 313 g/mol. The molecule has 1 aromatic rings. The van der Waals surface area contributed by atoms with E-state index >= 15 is 0 Å². The molecule has 1 fully saturated rings. The minimum atomic E-state index is -0.177. The number of rotatable bonds is 5. The minimum absolute atomic E-state index is 0.00295. The molecule has 1 aliphatic heterocycles. The van der Waals surface area contributed by atoms with E-state index in [1.807, 2.05) is 13.0 Å². The molecule has 1 heterocycles. The van der Waals surface area contributed by atoms with Crippen molar-refractivity contribution in [3.63, 3.8) is 0 Å². The Labute approximate surface area is 134 Å². The van der Waals surface area contributed by atoms with Crippen LogP contribution in [0.25, 0.3) is 0 Å². The van der Waals surface area contributed by atoms with Gasteiger partial charge in [-0.1, -0.05) is 36.2 Å². The van der Waals surface area contributed by atoms with Crippen molar-refractivity contribution < 1.29 is 14.3 Å². The SMILES string of the molecule is CCCOCC(=O)N1CCOC(c2ccc(Cl)c(Cl)c2)C1. The molecule has 21 heavy (non-hydrogen) atoms. The van der Waals surface area contributed by atoms with Crippen molar-refractivity contribution in [3.8, 4) is 0 Å². The van der Waals surface area contributed by atoms with Crippen molar-refractivity contribution in [2.24, 2.45) is 0 Å². The Kier molecular flexibility index (Phi) is 6.30. The van der Waals surface area contributed by atoms with E-state index in [4.69, 9.17) is 32.7 Å². The molecule has 6 heteroatoms. The number of ether oxygens (including phenoxy) is 2. The van der Waals surface area contributed by atoms with Crippen molar-refractivity contribution >= 4 is 29.1 Å². The van der Waals surface area contributed by atoms with E-state index in [-0.39, 0.29) is 18.6 Å². The van der Waals surface area contributed by atoms with Gasteiger partial charge >= 0.3 is 0 Å². The standard InChI is InChI=1S/C15H19Cl2NO3/c1-2-6-20-10-15(19)18-5-7-21-14(9-18)11-3-4-12(16)13(17)8-11/h3-4,8,14H,2,5-7,9-10H2,1H3. The van der Waals surface area contributed by atoms with E-state index in [1.165, 1.54) is 0 Å². The molecule has 1 unspecified atom stereocenters. The molecule has 116 valence electrons. The lowest BCUT2D eigenvalue weighted by molar-refractivity contribution is -0.143. The van der Waals surface area contributed by atoms with Crippen LogP contribution in [0.15, 0.2) is 18.2 Å². The highest BCUT2D eigenvalue weighted by Crippen LogP contribution is 2.29. The lowest BCUT2D eigenvalue weighted by atomic mass is 10.1. The molecule has 2 rings (SSSR count). The van der Waals surface area contributed by atoms with E-state index in [0.29, 0.717) is 36.3 Å². The number of amides is 1. The second-order valence-corrected chi connectivity index (χ2v) is 5.74. The number of nitrogens with zero attached hydrogens (tertiary/aromatic N) is 1. The van der Waals surface area contributed by atoms with Gasteiger partial charge in [0.25, 0.3) is 0 Å². The Balaban J connectivity index is 1.96. The van der Waals surface area contributed by atoms with Gasteiger partial charge in [-0.2, -0.15) is 0 Å². The highest BCUT2D eigenvalue weighted by molar-refractivity contribution is 6.42. The highest BCUT2D eigenvalue weighted by atomic mass is 35.5. The molecule has 0 spiro atoms. The molecule has 1 atom stereocenters. The molecule has 0 saturated carbocycles. The summed E-state index contributed by atoms with van der Waals surface area (Å²) < 4.78 is 11.0. The second-order valence-electron chi connectivity index (χ2n) is 4.93. The molecule has 0 radical (unpaired) electrons. The molecule has 0 bridgehead atoms. The van der Waals surface area contributed by atoms with Crippen LogP contribution < -0.4 is 0 Å². The van der Waals surface area contributed by atoms with Crippen molar-refractivity contribution in [1.29, 1.82) is 0 Å². The van der Waals surface area contributed by atoms with Gasteiger partial charge in [0, 0.05) is 13.2 Å². The zero-order valence-corrected chi connectivity index (χ0v) is 13.5. The Morgan fingerprint density at radius 1 is 1.43 bits per heavy atom. The van der Waals surface area contributed by atoms with Crippen LogP contribution in [0, 0.1) is 0 Å². The fourth-order valence-electron chi connectivity index (χ4n) is 2.19. The number of benzene rings is 1. The van der Waals surface area contributed by atoms with Crippen LogP contribution in [0.2, 0.25) is 10.0 Å². The van der Waals surface area contributed by atoms with E-state index in [0.717, 1.165) is 12.0 Å². The molecule has 0 aliphatic carbocycles. The summed E-state index contributed by atoms with van der Waals surface area (Å²) in [6, 6.07) is 5.41. The summed E-state index contributed by atoms with van der Waals surface area (Å²) >= 11 is 11.9. The third kappa shape index (κ3) is 4.58. The maximum absolute atomic E-state index is 12.1. The Hall–Kier alpha value is -0.810. The van der Waals surface area contributed by atoms with Gasteiger partial charge in [-0.15, -0.1) is 0 Å². The molecule has 0 N–H and O–H groups in total. The van der Waals surface area contributed by atoms with Gasteiger partial charge in [-0.25, -0.2) is 0 Å². The number of halogens is 2. The quantitative estimate of drug-likeness (QED) is 0.777. The smallest absolute Gasteiger partial charge is 0.248 e. The average molecular weight is 332 g/mol. The summed E-state index contributed by atoms with van der Waals surface area (Å²) in [7, 11) is 0. The molecule has 1 saturated heterocycles. The zero-order valence-electron chi connectivity index (χ0n) is 12.0. The molecular formula is C15H19Cl2NO3. The van der Waals surface area contributed by atoms with Crippen LogP contribution in [0.3, 0.4) is 0 Å². The predicted molar refractivity (Wildman–Crippen MR) is 82.8 cm³/mol. The lowest BCUT2D eigenvalue weighted by Crippen LogP contribution is -2.43. The van der Waals surface area contributed by atoms with E-state index in [2.05, 4.69) is 0 Å². The van der Waals surface area contributed by atoms with Crippen LogP contribution in [0.5, 0.6) is 0 Å². The number of morpholine rings is 1. The third-order valence-electron chi connectivity index (χ3n) is 3.31. The molecule has 4 nitrogen and oxygen atoms in total. The number of carbonyl (C=O) groups is 1. The third-order valence-corrected chi connectivity index (χ3v) is 4.05. The summed E-state index contributed by atoms with van der Waals surface area (Å²) in [5, 5.41) is 1.00. The molecule has 1 aliphatic rings. The number of hydrogen-bond donors (Lipinski definition) is 0. The number of carbonyl (C=O) groups excluding carboxylic acids is 1. The summed E-state index contributed by atoms with van der Waals surface area (Å²) in [6.45, 7) is 4.34. The average Bonchev–Trinajstić information content (AvgIpc) is 2.50. The van der Waals surface area contributed by atoms with Crippen LogP contribution in [-0.4, -0.2) is 43.7 Å². The summed E-state index contributed by atoms with van der Waals surface area (Å²) in [6.07, 6.45) is 0.728. The summed E-state index contributed by atoms with van der Waals surface area (Å²) in [5.74, 6) is -0.00295. The van der Waals surface area contributed by atoms with Crippen LogP contribution >= 0.6 is 23.2 Å². The fraction of sp³-hybridized carbons (Fsp3) is 0.533. The van der Waals surface area contributed by atoms with Gasteiger partial charge in [-0.3, -0.25) is 4.79 Å². The topological polar surface area (TPSA) is 38.8 Å². The number of hydrogen-bond acceptors (Lipinski definition) is 3. The highest BCUT2D eigenvalue weighted by Gasteiger charge is 2.25. The molecule has 1 aromatic carbocycles. The van der Waals surface area contributed by atoms with Crippen molar-refractivity contribution in [2.75, 3.05) is 32.9 Å². The Bertz CT molecular complexity index is 496. The Morgan fingerprint density at radius 2 is 2.24 bits per heavy atom. The summed E-state index contributed by atoms with van der Waals surface area (Å²) in [4.78, 5) is 13.8. The van der Waals surface area contributed by atoms with E-state index < -0.39 is 0 Å². The first-order valence-corrected chi connectivity index (χ1v) is 7.79. The van der Waals surface area contributed by atoms with Crippen molar-refractivity contribution in [1.82, 2.24) is 4.90 Å². The van der Waals surface area contributed by atoms with Crippen LogP contribution in [-0.2, 0) is 14.3 Å². The maximum atomic E-state index is 12.1. The molecule has 1 amide bonds. The van der Waals surface area contributed by atoms with Crippen molar-refractivity contribution in [2.45, 2.75) is 19.4 Å². The zero-order chi connectivity index (χ0) is 15.2. The normalized spacial score (nSPS) is 18.8.